The van der Waals surface area contributed by atoms with Crippen molar-refractivity contribution in [3.8, 4) is 0 Å². The molecule has 0 saturated heterocycles. The summed E-state index contributed by atoms with van der Waals surface area (Å²) in [7, 11) is 0. The Balaban J connectivity index is 2.29. The van der Waals surface area contributed by atoms with Crippen LogP contribution in [0.15, 0.2) is 41.7 Å². The minimum Gasteiger partial charge on any atom is -0.481 e. The van der Waals surface area contributed by atoms with Crippen LogP contribution in [0.2, 0.25) is 0 Å². The summed E-state index contributed by atoms with van der Waals surface area (Å²) in [5.41, 5.74) is 3.27. The molecule has 0 aliphatic carbocycles. The average Bonchev–Trinajstić information content (AvgIpc) is 2.68. The quantitative estimate of drug-likeness (QED) is 0.856. The van der Waals surface area contributed by atoms with E-state index in [2.05, 4.69) is 10.2 Å². The number of carboxylic acids is 1. The Morgan fingerprint density at radius 3 is 2.56 bits per heavy atom. The molecule has 1 aliphatic rings. The van der Waals surface area contributed by atoms with Crippen LogP contribution in [0.1, 0.15) is 31.9 Å². The normalized spacial score (nSPS) is 16.7. The van der Waals surface area contributed by atoms with Gasteiger partial charge in [0.05, 0.1) is 19.1 Å². The molecule has 0 saturated carbocycles. The lowest BCUT2D eigenvalue weighted by Crippen LogP contribution is -2.29. The van der Waals surface area contributed by atoms with E-state index >= 15 is 0 Å². The molecule has 1 atom stereocenters. The number of rotatable bonds is 4. The molecule has 0 radical (unpaired) electrons. The van der Waals surface area contributed by atoms with E-state index < -0.39 is 5.97 Å². The van der Waals surface area contributed by atoms with Gasteiger partial charge in [0.25, 0.3) is 0 Å². The monoisotopic (exact) mass is 246 g/mol. The number of carboxylic acid groups (broad SMARTS) is 1. The third-order valence-corrected chi connectivity index (χ3v) is 3.42. The van der Waals surface area contributed by atoms with Crippen molar-refractivity contribution in [2.75, 3.05) is 6.67 Å². The van der Waals surface area contributed by atoms with Gasteiger partial charge in [0.15, 0.2) is 0 Å². The maximum Gasteiger partial charge on any atom is 0.305 e. The highest BCUT2D eigenvalue weighted by atomic mass is 16.4. The zero-order chi connectivity index (χ0) is 13.1. The molecular formula is C14H18N2O2. The first-order valence-electron chi connectivity index (χ1n) is 6.04. The van der Waals surface area contributed by atoms with Crippen LogP contribution in [0.25, 0.3) is 0 Å². The Labute approximate surface area is 107 Å². The molecule has 4 heteroatoms. The van der Waals surface area contributed by atoms with E-state index in [0.29, 0.717) is 6.67 Å². The number of hydrogen-bond acceptors (Lipinski definition) is 3. The van der Waals surface area contributed by atoms with Gasteiger partial charge in [-0.15, -0.1) is 0 Å². The molecule has 0 fully saturated rings. The fourth-order valence-electron chi connectivity index (χ4n) is 2.26. The number of nitrogens with one attached hydrogen (secondary N) is 1. The lowest BCUT2D eigenvalue weighted by Gasteiger charge is -2.29. The van der Waals surface area contributed by atoms with E-state index in [0.717, 1.165) is 17.0 Å². The van der Waals surface area contributed by atoms with E-state index in [9.17, 15) is 4.79 Å². The van der Waals surface area contributed by atoms with Gasteiger partial charge in [-0.25, -0.2) is 0 Å². The Hall–Kier alpha value is -1.97. The van der Waals surface area contributed by atoms with Crippen molar-refractivity contribution in [1.82, 2.24) is 10.2 Å². The fourth-order valence-corrected chi connectivity index (χ4v) is 2.26. The van der Waals surface area contributed by atoms with E-state index in [-0.39, 0.29) is 12.5 Å². The third-order valence-electron chi connectivity index (χ3n) is 3.42. The highest BCUT2D eigenvalue weighted by Gasteiger charge is 2.27. The number of hydrogen-bond donors (Lipinski definition) is 2. The lowest BCUT2D eigenvalue weighted by atomic mass is 10.0. The van der Waals surface area contributed by atoms with Gasteiger partial charge in [0, 0.05) is 11.4 Å². The summed E-state index contributed by atoms with van der Waals surface area (Å²) >= 11 is 0. The van der Waals surface area contributed by atoms with Crippen LogP contribution in [-0.4, -0.2) is 22.6 Å². The van der Waals surface area contributed by atoms with Crippen molar-refractivity contribution >= 4 is 5.97 Å². The summed E-state index contributed by atoms with van der Waals surface area (Å²) in [5, 5.41) is 12.3. The number of allylic oxidation sites excluding steroid dienone is 2. The average molecular weight is 246 g/mol. The van der Waals surface area contributed by atoms with E-state index in [4.69, 9.17) is 5.11 Å². The topological polar surface area (TPSA) is 52.6 Å². The fraction of sp³-hybridized carbons (Fsp3) is 0.357. The van der Waals surface area contributed by atoms with Gasteiger partial charge in [-0.2, -0.15) is 0 Å². The summed E-state index contributed by atoms with van der Waals surface area (Å²) in [6.45, 7) is 4.70. The van der Waals surface area contributed by atoms with E-state index in [1.165, 1.54) is 0 Å². The molecule has 0 aromatic heterocycles. The predicted molar refractivity (Wildman–Crippen MR) is 69.7 cm³/mol. The second-order valence-electron chi connectivity index (χ2n) is 4.54. The second kappa shape index (κ2) is 5.12. The highest BCUT2D eigenvalue weighted by molar-refractivity contribution is 5.68. The van der Waals surface area contributed by atoms with Crippen LogP contribution in [0.5, 0.6) is 0 Å². The van der Waals surface area contributed by atoms with Crippen LogP contribution in [0, 0.1) is 0 Å². The van der Waals surface area contributed by atoms with Crippen molar-refractivity contribution in [3.05, 3.63) is 47.3 Å². The van der Waals surface area contributed by atoms with Crippen molar-refractivity contribution in [3.63, 3.8) is 0 Å². The Morgan fingerprint density at radius 2 is 2.06 bits per heavy atom. The largest absolute Gasteiger partial charge is 0.481 e. The molecule has 0 amide bonds. The summed E-state index contributed by atoms with van der Waals surface area (Å²) < 4.78 is 0. The van der Waals surface area contributed by atoms with Gasteiger partial charge in [0.1, 0.15) is 0 Å². The number of carbonyl (C=O) groups is 1. The zero-order valence-electron chi connectivity index (χ0n) is 10.7. The molecule has 18 heavy (non-hydrogen) atoms. The minimum absolute atomic E-state index is 0.107. The minimum atomic E-state index is -0.777. The smallest absolute Gasteiger partial charge is 0.305 e. The third kappa shape index (κ3) is 2.47. The van der Waals surface area contributed by atoms with Gasteiger partial charge in [-0.1, -0.05) is 30.3 Å². The van der Waals surface area contributed by atoms with Gasteiger partial charge in [-0.3, -0.25) is 4.79 Å². The zero-order valence-corrected chi connectivity index (χ0v) is 10.7. The van der Waals surface area contributed by atoms with Crippen LogP contribution < -0.4 is 5.32 Å². The number of nitrogens with zero attached hydrogens (tertiary/aromatic N) is 1. The molecular weight excluding hydrogens is 228 g/mol. The highest BCUT2D eigenvalue weighted by Crippen LogP contribution is 2.30. The molecule has 1 aromatic rings. The molecule has 2 rings (SSSR count). The van der Waals surface area contributed by atoms with Gasteiger partial charge < -0.3 is 15.3 Å². The second-order valence-corrected chi connectivity index (χ2v) is 4.54. The molecule has 0 spiro atoms. The summed E-state index contributed by atoms with van der Waals surface area (Å²) in [4.78, 5) is 13.2. The van der Waals surface area contributed by atoms with Gasteiger partial charge in [-0.05, 0) is 19.4 Å². The maximum absolute atomic E-state index is 11.1. The van der Waals surface area contributed by atoms with E-state index in [1.54, 1.807) is 0 Å². The first-order chi connectivity index (χ1) is 8.59. The van der Waals surface area contributed by atoms with Gasteiger partial charge in [0.2, 0.25) is 0 Å². The van der Waals surface area contributed by atoms with Crippen molar-refractivity contribution in [2.45, 2.75) is 26.3 Å². The Bertz CT molecular complexity index is 468. The summed E-state index contributed by atoms with van der Waals surface area (Å²) in [5.74, 6) is -0.777. The van der Waals surface area contributed by atoms with Crippen LogP contribution in [0.4, 0.5) is 0 Å². The summed E-state index contributed by atoms with van der Waals surface area (Å²) in [6.07, 6.45) is 0.107. The van der Waals surface area contributed by atoms with E-state index in [1.807, 2.05) is 44.2 Å². The molecule has 2 N–H and O–H groups in total. The molecule has 1 aliphatic heterocycles. The standard InChI is InChI=1S/C14H18N2O2/c1-10-11(2)16(9-15-10)13(8-14(17)18)12-6-4-3-5-7-12/h3-7,13,15H,8-9H2,1-2H3,(H,17,18). The number of aliphatic carboxylic acids is 1. The predicted octanol–water partition coefficient (Wildman–Crippen LogP) is 2.32. The molecule has 1 aromatic carbocycles. The number of benzene rings is 1. The van der Waals surface area contributed by atoms with Crippen molar-refractivity contribution < 1.29 is 9.90 Å². The molecule has 1 heterocycles. The first kappa shape index (κ1) is 12.5. The van der Waals surface area contributed by atoms with Crippen molar-refractivity contribution in [1.29, 1.82) is 0 Å². The molecule has 0 bridgehead atoms. The van der Waals surface area contributed by atoms with Crippen LogP contribution in [-0.2, 0) is 4.79 Å². The Morgan fingerprint density at radius 1 is 1.39 bits per heavy atom. The first-order valence-corrected chi connectivity index (χ1v) is 6.04. The lowest BCUT2D eigenvalue weighted by molar-refractivity contribution is -0.138. The molecule has 96 valence electrons. The van der Waals surface area contributed by atoms with Crippen LogP contribution >= 0.6 is 0 Å². The molecule has 4 nitrogen and oxygen atoms in total. The maximum atomic E-state index is 11.1. The van der Waals surface area contributed by atoms with Crippen LogP contribution in [0.3, 0.4) is 0 Å². The Kier molecular flexibility index (Phi) is 3.55. The van der Waals surface area contributed by atoms with Crippen molar-refractivity contribution in [2.24, 2.45) is 0 Å². The van der Waals surface area contributed by atoms with Gasteiger partial charge >= 0.3 is 5.97 Å². The summed E-state index contributed by atoms with van der Waals surface area (Å²) in [6, 6.07) is 9.67. The molecule has 1 unspecified atom stereocenters. The SMILES string of the molecule is CC1=C(C)N(C(CC(=O)O)c2ccccc2)CN1.